The maximum atomic E-state index is 12.5. The Morgan fingerprint density at radius 1 is 1.19 bits per heavy atom. The summed E-state index contributed by atoms with van der Waals surface area (Å²) in [7, 11) is -2.42. The summed E-state index contributed by atoms with van der Waals surface area (Å²) in [5.74, 6) is -0.519. The normalized spacial score (nSPS) is 13.4. The number of carbonyl (C=O) groups is 2. The Hall–Kier alpha value is -2.34. The number of halogens is 1. The highest BCUT2D eigenvalue weighted by Gasteiger charge is 2.21. The van der Waals surface area contributed by atoms with E-state index in [0.29, 0.717) is 42.0 Å². The van der Waals surface area contributed by atoms with Gasteiger partial charge in [-0.15, -0.1) is 11.3 Å². The van der Waals surface area contributed by atoms with Crippen molar-refractivity contribution in [2.24, 2.45) is 0 Å². The van der Waals surface area contributed by atoms with E-state index in [0.717, 1.165) is 4.88 Å². The molecule has 0 spiro atoms. The molecule has 12 heteroatoms. The van der Waals surface area contributed by atoms with E-state index in [-0.39, 0.29) is 4.90 Å². The number of fused-ring (bicyclic) bond motifs is 1. The number of carbonyl (C=O) groups excluding carboxylic acids is 2. The minimum absolute atomic E-state index is 0.0741. The van der Waals surface area contributed by atoms with Crippen LogP contribution in [0.25, 0.3) is 0 Å². The Morgan fingerprint density at radius 2 is 1.94 bits per heavy atom. The van der Waals surface area contributed by atoms with Crippen LogP contribution in [-0.2, 0) is 30.9 Å². The monoisotopic (exact) mass is 488 g/mol. The van der Waals surface area contributed by atoms with Crippen molar-refractivity contribution in [2.45, 2.75) is 17.9 Å². The fraction of sp³-hybridized carbons (Fsp3) is 0.368. The number of rotatable bonds is 8. The van der Waals surface area contributed by atoms with Crippen molar-refractivity contribution in [3.8, 4) is 11.5 Å². The first-order chi connectivity index (χ1) is 14.7. The van der Waals surface area contributed by atoms with Gasteiger partial charge < -0.3 is 19.1 Å². The number of likely N-dealkylation sites (N-methyl/N-ethyl adjacent to an activating group) is 1. The second-order valence-corrected chi connectivity index (χ2v) is 10.2. The summed E-state index contributed by atoms with van der Waals surface area (Å²) in [5.41, 5.74) is 0. The van der Waals surface area contributed by atoms with Gasteiger partial charge in [0.15, 0.2) is 18.1 Å². The summed E-state index contributed by atoms with van der Waals surface area (Å²) < 4.78 is 43.5. The molecule has 0 saturated heterocycles. The number of nitrogens with one attached hydrogen (secondary N) is 1. The van der Waals surface area contributed by atoms with Gasteiger partial charge in [-0.25, -0.2) is 8.42 Å². The van der Waals surface area contributed by atoms with Gasteiger partial charge in [-0.2, -0.15) is 4.72 Å². The first kappa shape index (κ1) is 23.3. The molecule has 2 heterocycles. The van der Waals surface area contributed by atoms with Gasteiger partial charge in [0.25, 0.3) is 5.91 Å². The molecule has 3 rings (SSSR count). The number of sulfonamides is 1. The smallest absolute Gasteiger partial charge is 0.321 e. The average Bonchev–Trinajstić information content (AvgIpc) is 3.00. The first-order valence-electron chi connectivity index (χ1n) is 9.28. The van der Waals surface area contributed by atoms with E-state index in [9.17, 15) is 18.0 Å². The number of hydrogen-bond donors (Lipinski definition) is 1. The molecule has 0 fully saturated rings. The molecule has 0 radical (unpaired) electrons. The van der Waals surface area contributed by atoms with Gasteiger partial charge in [-0.05, 0) is 24.3 Å². The zero-order chi connectivity index (χ0) is 22.4. The van der Waals surface area contributed by atoms with Gasteiger partial charge in [0.2, 0.25) is 10.0 Å². The highest BCUT2D eigenvalue weighted by Crippen LogP contribution is 2.31. The molecule has 0 unspecified atom stereocenters. The SMILES string of the molecule is CN(Cc1ccc(Cl)s1)C(=O)COC(=O)CNS(=O)(=O)c1ccc2c(c1)OCCCO2. The number of nitrogens with zero attached hydrogens (tertiary/aromatic N) is 1. The second kappa shape index (κ2) is 10.3. The Bertz CT molecular complexity index is 1060. The lowest BCUT2D eigenvalue weighted by Crippen LogP contribution is -2.34. The van der Waals surface area contributed by atoms with E-state index in [1.807, 2.05) is 0 Å². The van der Waals surface area contributed by atoms with Crippen molar-refractivity contribution in [3.63, 3.8) is 0 Å². The lowest BCUT2D eigenvalue weighted by molar-refractivity contribution is -0.150. The van der Waals surface area contributed by atoms with Crippen LogP contribution in [0.5, 0.6) is 11.5 Å². The zero-order valence-corrected chi connectivity index (χ0v) is 19.0. The second-order valence-electron chi connectivity index (χ2n) is 6.60. The van der Waals surface area contributed by atoms with Crippen molar-refractivity contribution in [1.82, 2.24) is 9.62 Å². The lowest BCUT2D eigenvalue weighted by atomic mass is 10.3. The van der Waals surface area contributed by atoms with Crippen LogP contribution in [0.1, 0.15) is 11.3 Å². The number of ether oxygens (including phenoxy) is 3. The predicted molar refractivity (Wildman–Crippen MR) is 114 cm³/mol. The molecule has 1 aliphatic heterocycles. The van der Waals surface area contributed by atoms with Gasteiger partial charge in [0.1, 0.15) is 6.54 Å². The Kier molecular flexibility index (Phi) is 7.76. The van der Waals surface area contributed by atoms with Crippen molar-refractivity contribution >= 4 is 44.8 Å². The molecular weight excluding hydrogens is 468 g/mol. The molecule has 1 amide bonds. The summed E-state index contributed by atoms with van der Waals surface area (Å²) in [5, 5.41) is 0. The Balaban J connectivity index is 1.48. The van der Waals surface area contributed by atoms with E-state index >= 15 is 0 Å². The molecule has 31 heavy (non-hydrogen) atoms. The fourth-order valence-corrected chi connectivity index (χ4v) is 4.74. The van der Waals surface area contributed by atoms with E-state index in [2.05, 4.69) is 4.72 Å². The van der Waals surface area contributed by atoms with Crippen LogP contribution in [0, 0.1) is 0 Å². The summed E-state index contributed by atoms with van der Waals surface area (Å²) >= 11 is 7.21. The van der Waals surface area contributed by atoms with E-state index in [1.54, 1.807) is 19.2 Å². The minimum Gasteiger partial charge on any atom is -0.490 e. The molecular formula is C19H21ClN2O7S2. The third-order valence-corrected chi connectivity index (χ3v) is 6.85. The fourth-order valence-electron chi connectivity index (χ4n) is 2.61. The quantitative estimate of drug-likeness (QED) is 0.566. The molecule has 0 bridgehead atoms. The molecule has 0 aliphatic carbocycles. The van der Waals surface area contributed by atoms with E-state index < -0.39 is 35.1 Å². The van der Waals surface area contributed by atoms with E-state index in [4.69, 9.17) is 25.8 Å². The summed E-state index contributed by atoms with van der Waals surface area (Å²) in [6.07, 6.45) is 0.690. The largest absolute Gasteiger partial charge is 0.490 e. The van der Waals surface area contributed by atoms with Gasteiger partial charge in [-0.1, -0.05) is 11.6 Å². The lowest BCUT2D eigenvalue weighted by Gasteiger charge is -2.16. The van der Waals surface area contributed by atoms with Crippen LogP contribution in [0.2, 0.25) is 4.34 Å². The number of amides is 1. The highest BCUT2D eigenvalue weighted by molar-refractivity contribution is 7.89. The van der Waals surface area contributed by atoms with Crippen LogP contribution < -0.4 is 14.2 Å². The van der Waals surface area contributed by atoms with Gasteiger partial charge in [0, 0.05) is 24.4 Å². The standard InChI is InChI=1S/C19H21ClN2O7S2/c1-22(11-13-3-6-17(20)30-13)18(23)12-29-19(24)10-21-31(25,26)14-4-5-15-16(9-14)28-8-2-7-27-15/h3-6,9,21H,2,7-8,10-12H2,1H3. The van der Waals surface area contributed by atoms with Gasteiger partial charge in [-0.3, -0.25) is 9.59 Å². The maximum absolute atomic E-state index is 12.5. The van der Waals surface area contributed by atoms with Crippen LogP contribution in [-0.4, -0.2) is 58.6 Å². The average molecular weight is 489 g/mol. The zero-order valence-electron chi connectivity index (χ0n) is 16.6. The molecule has 0 saturated carbocycles. The van der Waals surface area contributed by atoms with Gasteiger partial charge >= 0.3 is 5.97 Å². The molecule has 9 nitrogen and oxygen atoms in total. The van der Waals surface area contributed by atoms with Crippen molar-refractivity contribution in [1.29, 1.82) is 0 Å². The summed E-state index contributed by atoms with van der Waals surface area (Å²) in [4.78, 5) is 26.2. The molecule has 168 valence electrons. The van der Waals surface area contributed by atoms with Crippen molar-refractivity contribution < 1.29 is 32.2 Å². The highest BCUT2D eigenvalue weighted by atomic mass is 35.5. The number of benzene rings is 1. The number of esters is 1. The number of hydrogen-bond acceptors (Lipinski definition) is 8. The summed E-state index contributed by atoms with van der Waals surface area (Å²) in [6.45, 7) is 0.107. The van der Waals surface area contributed by atoms with Gasteiger partial charge in [0.05, 0.1) is 29.0 Å². The van der Waals surface area contributed by atoms with Crippen LogP contribution in [0.15, 0.2) is 35.2 Å². The maximum Gasteiger partial charge on any atom is 0.321 e. The molecule has 2 aromatic rings. The third kappa shape index (κ3) is 6.57. The molecule has 1 N–H and O–H groups in total. The van der Waals surface area contributed by atoms with Crippen molar-refractivity contribution in [2.75, 3.05) is 33.4 Å². The predicted octanol–water partition coefficient (Wildman–Crippen LogP) is 2.04. The molecule has 0 atom stereocenters. The molecule has 1 aliphatic rings. The third-order valence-electron chi connectivity index (χ3n) is 4.24. The topological polar surface area (TPSA) is 111 Å². The first-order valence-corrected chi connectivity index (χ1v) is 12.0. The summed E-state index contributed by atoms with van der Waals surface area (Å²) in [6, 6.07) is 7.73. The number of thiophene rings is 1. The van der Waals surface area contributed by atoms with Crippen LogP contribution in [0.3, 0.4) is 0 Å². The Labute approximate surface area is 188 Å². The van der Waals surface area contributed by atoms with Crippen LogP contribution in [0.4, 0.5) is 0 Å². The van der Waals surface area contributed by atoms with Crippen LogP contribution >= 0.6 is 22.9 Å². The molecule has 1 aromatic heterocycles. The van der Waals surface area contributed by atoms with E-state index in [1.165, 1.54) is 34.4 Å². The molecule has 1 aromatic carbocycles. The van der Waals surface area contributed by atoms with Crippen molar-refractivity contribution in [3.05, 3.63) is 39.5 Å². The minimum atomic E-state index is -3.99. The Morgan fingerprint density at radius 3 is 2.65 bits per heavy atom.